The maximum Gasteiger partial charge on any atom is 0.241 e. The van der Waals surface area contributed by atoms with Gasteiger partial charge in [-0.1, -0.05) is 31.3 Å². The van der Waals surface area contributed by atoms with Crippen LogP contribution in [0.3, 0.4) is 0 Å². The second kappa shape index (κ2) is 7.36. The van der Waals surface area contributed by atoms with Crippen LogP contribution in [0.15, 0.2) is 24.3 Å². The molecular formula is C15H23N3OS. The van der Waals surface area contributed by atoms with Crippen molar-refractivity contribution in [2.24, 2.45) is 5.73 Å². The number of likely N-dealkylation sites (N-methyl/N-ethyl adjacent to an activating group) is 1. The normalized spacial score (nSPS) is 12.5. The lowest BCUT2D eigenvalue weighted by atomic mass is 10.1. The molecular weight excluding hydrogens is 270 g/mol. The fraction of sp³-hybridized carbons (Fsp3) is 0.467. The van der Waals surface area contributed by atoms with Crippen molar-refractivity contribution >= 4 is 28.8 Å². The summed E-state index contributed by atoms with van der Waals surface area (Å²) in [7, 11) is 0. The first-order valence-corrected chi connectivity index (χ1v) is 7.24. The molecule has 0 saturated carbocycles. The highest BCUT2D eigenvalue weighted by atomic mass is 32.1. The van der Waals surface area contributed by atoms with Crippen molar-refractivity contribution in [1.82, 2.24) is 4.90 Å². The summed E-state index contributed by atoms with van der Waals surface area (Å²) < 4.78 is 0. The minimum absolute atomic E-state index is 0.0272. The lowest BCUT2D eigenvalue weighted by Crippen LogP contribution is -2.45. The predicted octanol–water partition coefficient (Wildman–Crippen LogP) is 2.38. The second-order valence-corrected chi connectivity index (χ2v) is 5.47. The molecule has 0 saturated heterocycles. The quantitative estimate of drug-likeness (QED) is 0.791. The van der Waals surface area contributed by atoms with Crippen molar-refractivity contribution in [3.63, 3.8) is 0 Å². The van der Waals surface area contributed by atoms with Gasteiger partial charge >= 0.3 is 0 Å². The number of benzene rings is 1. The number of hydrogen-bond donors (Lipinski definition) is 2. The van der Waals surface area contributed by atoms with E-state index in [9.17, 15) is 4.79 Å². The van der Waals surface area contributed by atoms with Crippen molar-refractivity contribution in [2.45, 2.75) is 39.8 Å². The molecule has 0 aromatic heterocycles. The van der Waals surface area contributed by atoms with E-state index in [1.807, 2.05) is 25.1 Å². The SMILES string of the molecule is CCN(C(C)C)C(C)C(=O)Nc1cccc(C(N)=S)c1. The smallest absolute Gasteiger partial charge is 0.241 e. The summed E-state index contributed by atoms with van der Waals surface area (Å²) in [6.45, 7) is 8.97. The van der Waals surface area contributed by atoms with Gasteiger partial charge in [-0.3, -0.25) is 9.69 Å². The van der Waals surface area contributed by atoms with E-state index in [1.165, 1.54) is 0 Å². The third kappa shape index (κ3) is 4.28. The molecule has 110 valence electrons. The fourth-order valence-electron chi connectivity index (χ4n) is 2.23. The molecule has 1 atom stereocenters. The Morgan fingerprint density at radius 2 is 2.05 bits per heavy atom. The van der Waals surface area contributed by atoms with Crippen LogP contribution < -0.4 is 11.1 Å². The fourth-order valence-corrected chi connectivity index (χ4v) is 2.36. The van der Waals surface area contributed by atoms with Crippen molar-refractivity contribution in [3.8, 4) is 0 Å². The molecule has 3 N–H and O–H groups in total. The van der Waals surface area contributed by atoms with E-state index in [1.54, 1.807) is 6.07 Å². The summed E-state index contributed by atoms with van der Waals surface area (Å²) in [6, 6.07) is 7.41. The minimum atomic E-state index is -0.187. The number of nitrogens with zero attached hydrogens (tertiary/aromatic N) is 1. The highest BCUT2D eigenvalue weighted by molar-refractivity contribution is 7.80. The molecule has 1 unspecified atom stereocenters. The van der Waals surface area contributed by atoms with Crippen LogP contribution in [0.25, 0.3) is 0 Å². The Bertz CT molecular complexity index is 488. The average Bonchev–Trinajstić information content (AvgIpc) is 2.39. The number of nitrogens with two attached hydrogens (primary N) is 1. The molecule has 1 aromatic rings. The van der Waals surface area contributed by atoms with Crippen molar-refractivity contribution < 1.29 is 4.79 Å². The van der Waals surface area contributed by atoms with Crippen molar-refractivity contribution in [1.29, 1.82) is 0 Å². The predicted molar refractivity (Wildman–Crippen MR) is 87.9 cm³/mol. The molecule has 1 amide bonds. The van der Waals surface area contributed by atoms with Crippen molar-refractivity contribution in [3.05, 3.63) is 29.8 Å². The molecule has 5 heteroatoms. The molecule has 20 heavy (non-hydrogen) atoms. The van der Waals surface area contributed by atoms with Gasteiger partial charge in [-0.05, 0) is 39.4 Å². The number of hydrogen-bond acceptors (Lipinski definition) is 3. The highest BCUT2D eigenvalue weighted by Gasteiger charge is 2.22. The van der Waals surface area contributed by atoms with Crippen LogP contribution in [0.4, 0.5) is 5.69 Å². The number of rotatable bonds is 6. The Morgan fingerprint density at radius 1 is 1.40 bits per heavy atom. The summed E-state index contributed by atoms with van der Waals surface area (Å²) in [4.78, 5) is 14.7. The number of anilines is 1. The molecule has 0 aliphatic carbocycles. The first-order chi connectivity index (χ1) is 9.36. The van der Waals surface area contributed by atoms with E-state index in [-0.39, 0.29) is 11.9 Å². The largest absolute Gasteiger partial charge is 0.389 e. The van der Waals surface area contributed by atoms with E-state index in [2.05, 4.69) is 31.0 Å². The van der Waals surface area contributed by atoms with E-state index in [0.717, 1.165) is 12.1 Å². The van der Waals surface area contributed by atoms with Gasteiger partial charge in [0.1, 0.15) is 4.99 Å². The van der Waals surface area contributed by atoms with E-state index in [4.69, 9.17) is 18.0 Å². The van der Waals surface area contributed by atoms with Gasteiger partial charge in [0.2, 0.25) is 5.91 Å². The first-order valence-electron chi connectivity index (χ1n) is 6.83. The Balaban J connectivity index is 2.80. The molecule has 0 fully saturated rings. The van der Waals surface area contributed by atoms with Crippen LogP contribution in [0.2, 0.25) is 0 Å². The number of thiocarbonyl (C=S) groups is 1. The van der Waals surface area contributed by atoms with Crippen LogP contribution in [-0.2, 0) is 4.79 Å². The summed E-state index contributed by atoms with van der Waals surface area (Å²) >= 11 is 4.94. The van der Waals surface area contributed by atoms with Gasteiger partial charge in [-0.25, -0.2) is 0 Å². The third-order valence-corrected chi connectivity index (χ3v) is 3.56. The van der Waals surface area contributed by atoms with Crippen LogP contribution in [0.1, 0.15) is 33.3 Å². The first kappa shape index (κ1) is 16.6. The zero-order valence-electron chi connectivity index (χ0n) is 12.5. The second-order valence-electron chi connectivity index (χ2n) is 5.03. The molecule has 0 bridgehead atoms. The van der Waals surface area contributed by atoms with E-state index in [0.29, 0.717) is 16.7 Å². The van der Waals surface area contributed by atoms with E-state index >= 15 is 0 Å². The Morgan fingerprint density at radius 3 is 2.55 bits per heavy atom. The Labute approximate surface area is 126 Å². The topological polar surface area (TPSA) is 58.4 Å². The molecule has 0 aliphatic rings. The molecule has 0 radical (unpaired) electrons. The molecule has 4 nitrogen and oxygen atoms in total. The molecule has 0 heterocycles. The van der Waals surface area contributed by atoms with E-state index < -0.39 is 0 Å². The molecule has 1 rings (SSSR count). The van der Waals surface area contributed by atoms with Crippen LogP contribution in [0, 0.1) is 0 Å². The van der Waals surface area contributed by atoms with Crippen LogP contribution >= 0.6 is 12.2 Å². The Kier molecular flexibility index (Phi) is 6.10. The number of carbonyl (C=O) groups is 1. The molecule has 1 aromatic carbocycles. The zero-order valence-corrected chi connectivity index (χ0v) is 13.3. The highest BCUT2D eigenvalue weighted by Crippen LogP contribution is 2.13. The average molecular weight is 293 g/mol. The Hall–Kier alpha value is -1.46. The maximum absolute atomic E-state index is 12.3. The summed E-state index contributed by atoms with van der Waals surface area (Å²) in [5, 5.41) is 2.91. The zero-order chi connectivity index (χ0) is 15.3. The van der Waals surface area contributed by atoms with Gasteiger partial charge in [-0.2, -0.15) is 0 Å². The third-order valence-electron chi connectivity index (χ3n) is 3.32. The van der Waals surface area contributed by atoms with Gasteiger partial charge in [0, 0.05) is 17.3 Å². The summed E-state index contributed by atoms with van der Waals surface area (Å²) in [5.74, 6) is -0.0272. The van der Waals surface area contributed by atoms with Crippen LogP contribution in [0.5, 0.6) is 0 Å². The van der Waals surface area contributed by atoms with Gasteiger partial charge in [-0.15, -0.1) is 0 Å². The summed E-state index contributed by atoms with van der Waals surface area (Å²) in [6.07, 6.45) is 0. The standard InChI is InChI=1S/C15H23N3OS/c1-5-18(10(2)3)11(4)15(19)17-13-8-6-7-12(9-13)14(16)20/h6-11H,5H2,1-4H3,(H2,16,20)(H,17,19). The summed E-state index contributed by atoms with van der Waals surface area (Å²) in [5.41, 5.74) is 7.06. The molecule has 0 aliphatic heterocycles. The number of amides is 1. The monoisotopic (exact) mass is 293 g/mol. The minimum Gasteiger partial charge on any atom is -0.389 e. The number of nitrogens with one attached hydrogen (secondary N) is 1. The van der Waals surface area contributed by atoms with Crippen LogP contribution in [-0.4, -0.2) is 34.4 Å². The molecule has 0 spiro atoms. The van der Waals surface area contributed by atoms with Gasteiger partial charge in [0.15, 0.2) is 0 Å². The van der Waals surface area contributed by atoms with Gasteiger partial charge < -0.3 is 11.1 Å². The lowest BCUT2D eigenvalue weighted by molar-refractivity contribution is -0.121. The van der Waals surface area contributed by atoms with Gasteiger partial charge in [0.25, 0.3) is 0 Å². The van der Waals surface area contributed by atoms with Crippen molar-refractivity contribution in [2.75, 3.05) is 11.9 Å². The number of carbonyl (C=O) groups excluding carboxylic acids is 1. The lowest BCUT2D eigenvalue weighted by Gasteiger charge is -2.30. The van der Waals surface area contributed by atoms with Gasteiger partial charge in [0.05, 0.1) is 6.04 Å². The maximum atomic E-state index is 12.3.